The van der Waals surface area contributed by atoms with Crippen LogP contribution in [0, 0.1) is 26.2 Å². The van der Waals surface area contributed by atoms with Crippen LogP contribution >= 0.6 is 11.6 Å². The molecule has 0 aliphatic carbocycles. The molecule has 2 atom stereocenters. The molecule has 2 aliphatic rings. The molecule has 2 aromatic heterocycles. The number of aliphatic hydroxyl groups is 1. The molecular weight excluding hydrogens is 549 g/mol. The quantitative estimate of drug-likeness (QED) is 0.376. The molecule has 0 radical (unpaired) electrons. The van der Waals surface area contributed by atoms with Crippen LogP contribution in [0.5, 0.6) is 5.75 Å². The molecule has 40 heavy (non-hydrogen) atoms. The summed E-state index contributed by atoms with van der Waals surface area (Å²) in [5.41, 5.74) is 3.24. The first-order valence-electron chi connectivity index (χ1n) is 13.0. The van der Waals surface area contributed by atoms with E-state index in [-0.39, 0.29) is 5.41 Å². The number of aryl methyl sites for hydroxylation is 2. The molecule has 0 bridgehead atoms. The lowest BCUT2D eigenvalue weighted by Gasteiger charge is -2.61. The van der Waals surface area contributed by atoms with Gasteiger partial charge in [-0.1, -0.05) is 16.8 Å². The van der Waals surface area contributed by atoms with E-state index in [2.05, 4.69) is 15.4 Å². The van der Waals surface area contributed by atoms with Crippen molar-refractivity contribution in [1.29, 1.82) is 0 Å². The number of ether oxygens (including phenoxy) is 1. The number of aromatic nitrogens is 3. The van der Waals surface area contributed by atoms with Gasteiger partial charge in [-0.3, -0.25) is 10.2 Å². The number of hydrogen-bond acceptors (Lipinski definition) is 9. The summed E-state index contributed by atoms with van der Waals surface area (Å²) in [4.78, 5) is 13.3. The largest absolute Gasteiger partial charge is 0.473 e. The first-order chi connectivity index (χ1) is 18.8. The van der Waals surface area contributed by atoms with E-state index in [1.54, 1.807) is 32.2 Å². The van der Waals surface area contributed by atoms with Crippen LogP contribution in [0.15, 0.2) is 22.7 Å². The smallest absolute Gasteiger partial charge is 0.401 e. The van der Waals surface area contributed by atoms with Gasteiger partial charge in [0, 0.05) is 42.7 Å². The van der Waals surface area contributed by atoms with Gasteiger partial charge in [-0.05, 0) is 52.9 Å². The highest BCUT2D eigenvalue weighted by Gasteiger charge is 2.54. The first kappa shape index (κ1) is 28.6. The number of hydrogen-bond donors (Lipinski definition) is 2. The summed E-state index contributed by atoms with van der Waals surface area (Å²) in [7, 11) is 1.68. The second-order valence-corrected chi connectivity index (χ2v) is 11.3. The van der Waals surface area contributed by atoms with Crippen molar-refractivity contribution in [2.24, 2.45) is 5.41 Å². The molecule has 2 N–H and O–H groups in total. The number of nitrogens with zero attached hydrogens (tertiary/aromatic N) is 5. The topological polar surface area (TPSA) is 99.8 Å². The first-order valence-corrected chi connectivity index (χ1v) is 13.3. The summed E-state index contributed by atoms with van der Waals surface area (Å²) in [5.74, 6) is 2.11. The molecule has 13 heteroatoms. The number of benzene rings is 1. The normalized spacial score (nSPS) is 18.4. The number of likely N-dealkylation sites (N-methyl/N-ethyl adjacent to an activating group) is 1. The van der Waals surface area contributed by atoms with Crippen LogP contribution in [0.1, 0.15) is 23.9 Å². The maximum atomic E-state index is 12.8. The highest BCUT2D eigenvalue weighted by molar-refractivity contribution is 6.33. The van der Waals surface area contributed by atoms with Gasteiger partial charge in [-0.2, -0.15) is 13.2 Å². The van der Waals surface area contributed by atoms with E-state index in [0.717, 1.165) is 11.1 Å². The Balaban J connectivity index is 1.50. The van der Waals surface area contributed by atoms with Gasteiger partial charge in [-0.25, -0.2) is 9.97 Å². The van der Waals surface area contributed by atoms with Crippen molar-refractivity contribution in [3.63, 3.8) is 0 Å². The fourth-order valence-electron chi connectivity index (χ4n) is 5.67. The second kappa shape index (κ2) is 10.5. The van der Waals surface area contributed by atoms with Crippen molar-refractivity contribution in [2.75, 3.05) is 44.7 Å². The zero-order valence-electron chi connectivity index (χ0n) is 22.9. The third-order valence-corrected chi connectivity index (χ3v) is 7.76. The molecule has 0 amide bonds. The fraction of sp³-hybridized carbons (Fsp3) is 0.519. The third-order valence-electron chi connectivity index (χ3n) is 7.43. The summed E-state index contributed by atoms with van der Waals surface area (Å²) in [5, 5.41) is 17.4. The molecule has 1 unspecified atom stereocenters. The minimum absolute atomic E-state index is 0.180. The Hall–Kier alpha value is -2.93. The van der Waals surface area contributed by atoms with Gasteiger partial charge in [0.15, 0.2) is 12.1 Å². The fourth-order valence-corrected chi connectivity index (χ4v) is 5.87. The molecule has 9 nitrogen and oxygen atoms in total. The molecular formula is C27H32ClF3N6O3. The molecule has 1 aromatic carbocycles. The summed E-state index contributed by atoms with van der Waals surface area (Å²) in [6.45, 7) is 8.29. The van der Waals surface area contributed by atoms with Crippen LogP contribution < -0.4 is 15.0 Å². The van der Waals surface area contributed by atoms with Crippen molar-refractivity contribution in [2.45, 2.75) is 46.2 Å². The zero-order chi connectivity index (χ0) is 29.0. The van der Waals surface area contributed by atoms with Crippen molar-refractivity contribution in [1.82, 2.24) is 25.3 Å². The average molecular weight is 581 g/mol. The van der Waals surface area contributed by atoms with Gasteiger partial charge < -0.3 is 19.3 Å². The van der Waals surface area contributed by atoms with E-state index in [0.29, 0.717) is 71.3 Å². The average Bonchev–Trinajstić information content (AvgIpc) is 3.16. The Labute approximate surface area is 235 Å². The minimum atomic E-state index is -4.20. The van der Waals surface area contributed by atoms with Gasteiger partial charge in [0.2, 0.25) is 0 Å². The molecule has 4 heterocycles. The van der Waals surface area contributed by atoms with Crippen LogP contribution in [0.25, 0.3) is 22.6 Å². The van der Waals surface area contributed by atoms with Crippen molar-refractivity contribution < 1.29 is 27.5 Å². The number of rotatable bonds is 8. The molecule has 2 fully saturated rings. The van der Waals surface area contributed by atoms with Crippen molar-refractivity contribution >= 4 is 17.4 Å². The SMILES string of the molecule is CNC(Oc1ccc(Cl)c(-c2nc(-c3c(C)noc3C)c(C)c(N3CC4(CN(CC(F)(F)F)C4)C3)n2)c1)[C@@H](C)O. The number of anilines is 1. The van der Waals surface area contributed by atoms with Gasteiger partial charge in [0.1, 0.15) is 23.4 Å². The Kier molecular flexibility index (Phi) is 7.49. The lowest BCUT2D eigenvalue weighted by Crippen LogP contribution is -2.73. The Morgan fingerprint density at radius 3 is 2.45 bits per heavy atom. The maximum absolute atomic E-state index is 12.8. The van der Waals surface area contributed by atoms with E-state index >= 15 is 0 Å². The number of nitrogens with one attached hydrogen (secondary N) is 1. The standard InChI is InChI=1S/C27H32ClF3N6O3/c1-14-22(21-15(2)35-40-17(21)4)33-23(19-8-18(6-7-20(19)28)39-25(32-5)16(3)38)34-24(14)37-11-26(12-37)9-36(10-26)13-27(29,30)31/h6-8,16,25,32,38H,9-13H2,1-5H3/t16-,25?/m1/s1. The molecule has 2 aliphatic heterocycles. The van der Waals surface area contributed by atoms with Crippen LogP contribution in [-0.4, -0.2) is 83.4 Å². The molecule has 0 saturated carbocycles. The van der Waals surface area contributed by atoms with Crippen LogP contribution in [0.2, 0.25) is 5.02 Å². The van der Waals surface area contributed by atoms with Gasteiger partial charge in [0.25, 0.3) is 0 Å². The Bertz CT molecular complexity index is 1380. The second-order valence-electron chi connectivity index (χ2n) is 10.9. The van der Waals surface area contributed by atoms with Gasteiger partial charge in [-0.15, -0.1) is 0 Å². The molecule has 216 valence electrons. The van der Waals surface area contributed by atoms with E-state index in [9.17, 15) is 18.3 Å². The van der Waals surface area contributed by atoms with Crippen LogP contribution in [0.4, 0.5) is 19.0 Å². The number of likely N-dealkylation sites (tertiary alicyclic amines) is 1. The lowest BCUT2D eigenvalue weighted by molar-refractivity contribution is -0.172. The predicted molar refractivity (Wildman–Crippen MR) is 144 cm³/mol. The monoisotopic (exact) mass is 580 g/mol. The summed E-state index contributed by atoms with van der Waals surface area (Å²) in [6.07, 6.45) is -5.61. The maximum Gasteiger partial charge on any atom is 0.401 e. The molecule has 2 saturated heterocycles. The molecule has 3 aromatic rings. The van der Waals surface area contributed by atoms with E-state index < -0.39 is 25.1 Å². The summed E-state index contributed by atoms with van der Waals surface area (Å²) < 4.78 is 49.8. The number of alkyl halides is 3. The summed E-state index contributed by atoms with van der Waals surface area (Å²) >= 11 is 6.63. The van der Waals surface area contributed by atoms with E-state index in [1.807, 2.05) is 20.8 Å². The van der Waals surface area contributed by atoms with Crippen LogP contribution in [0.3, 0.4) is 0 Å². The van der Waals surface area contributed by atoms with Crippen LogP contribution in [-0.2, 0) is 0 Å². The Morgan fingerprint density at radius 1 is 1.18 bits per heavy atom. The molecule has 1 spiro atoms. The van der Waals surface area contributed by atoms with E-state index in [1.165, 1.54) is 4.90 Å². The number of aliphatic hydroxyl groups excluding tert-OH is 1. The highest BCUT2D eigenvalue weighted by Crippen LogP contribution is 2.45. The minimum Gasteiger partial charge on any atom is -0.473 e. The van der Waals surface area contributed by atoms with Gasteiger partial charge in [0.05, 0.1) is 28.5 Å². The van der Waals surface area contributed by atoms with Crippen molar-refractivity contribution in [3.05, 3.63) is 40.2 Å². The molecule has 5 rings (SSSR count). The van der Waals surface area contributed by atoms with Gasteiger partial charge >= 0.3 is 6.18 Å². The highest BCUT2D eigenvalue weighted by atomic mass is 35.5. The number of halogens is 4. The third kappa shape index (κ3) is 5.50. The lowest BCUT2D eigenvalue weighted by atomic mass is 9.72. The summed E-state index contributed by atoms with van der Waals surface area (Å²) in [6, 6.07) is 5.10. The van der Waals surface area contributed by atoms with E-state index in [4.69, 9.17) is 30.8 Å². The Morgan fingerprint density at radius 2 is 1.88 bits per heavy atom. The zero-order valence-corrected chi connectivity index (χ0v) is 23.7. The predicted octanol–water partition coefficient (Wildman–Crippen LogP) is 4.37. The van der Waals surface area contributed by atoms with Crippen molar-refractivity contribution in [3.8, 4) is 28.4 Å².